The number of pyridine rings is 1. The van der Waals surface area contributed by atoms with Crippen molar-refractivity contribution >= 4 is 29.0 Å². The van der Waals surface area contributed by atoms with E-state index in [-0.39, 0.29) is 17.6 Å². The van der Waals surface area contributed by atoms with E-state index in [0.717, 1.165) is 45.5 Å². The van der Waals surface area contributed by atoms with Gasteiger partial charge >= 0.3 is 5.97 Å². The molecule has 2 aromatic heterocycles. The monoisotopic (exact) mass is 574 g/mol. The van der Waals surface area contributed by atoms with Gasteiger partial charge in [-0.3, -0.25) is 4.98 Å². The molecule has 0 bridgehead atoms. The molecule has 5 aromatic rings. The van der Waals surface area contributed by atoms with Crippen LogP contribution < -0.4 is 15.0 Å². The molecular weight excluding hydrogens is 544 g/mol. The molecule has 1 aliphatic rings. The predicted octanol–water partition coefficient (Wildman–Crippen LogP) is 7.47. The number of benzene rings is 3. The van der Waals surface area contributed by atoms with Crippen molar-refractivity contribution in [1.82, 2.24) is 14.9 Å². The van der Waals surface area contributed by atoms with Gasteiger partial charge in [0.1, 0.15) is 11.5 Å². The highest BCUT2D eigenvalue weighted by Crippen LogP contribution is 2.44. The van der Waals surface area contributed by atoms with E-state index in [1.54, 1.807) is 18.3 Å². The smallest absolute Gasteiger partial charge is 0.335 e. The summed E-state index contributed by atoms with van der Waals surface area (Å²) in [5.74, 6) is 0.572. The van der Waals surface area contributed by atoms with Gasteiger partial charge in [-0.15, -0.1) is 0 Å². The summed E-state index contributed by atoms with van der Waals surface area (Å²) in [6.45, 7) is 6.19. The number of aryl methyl sites for hydroxylation is 2. The van der Waals surface area contributed by atoms with Crippen molar-refractivity contribution in [3.05, 3.63) is 137 Å². The van der Waals surface area contributed by atoms with Gasteiger partial charge in [-0.2, -0.15) is 0 Å². The number of nitrogens with one attached hydrogen (secondary N) is 1. The van der Waals surface area contributed by atoms with E-state index >= 15 is 0 Å². The lowest BCUT2D eigenvalue weighted by atomic mass is 9.96. The van der Waals surface area contributed by atoms with Crippen LogP contribution in [-0.2, 0) is 0 Å². The Bertz CT molecular complexity index is 1750. The minimum atomic E-state index is -0.946. The quantitative estimate of drug-likeness (QED) is 0.195. The number of aromatic nitrogens is 2. The molecule has 3 aromatic carbocycles. The van der Waals surface area contributed by atoms with Crippen LogP contribution in [0.1, 0.15) is 50.7 Å². The van der Waals surface area contributed by atoms with Gasteiger partial charge in [0.25, 0.3) is 0 Å². The molecule has 42 heavy (non-hydrogen) atoms. The number of anilines is 1. The Hall–Kier alpha value is -4.95. The lowest BCUT2D eigenvalue weighted by molar-refractivity contribution is 0.0697. The average Bonchev–Trinajstić information content (AvgIpc) is 3.49. The van der Waals surface area contributed by atoms with Crippen molar-refractivity contribution in [2.45, 2.75) is 32.9 Å². The third-order valence-electron chi connectivity index (χ3n) is 7.63. The highest BCUT2D eigenvalue weighted by molar-refractivity contribution is 7.80. The minimum absolute atomic E-state index is 0.186. The zero-order valence-corrected chi connectivity index (χ0v) is 24.3. The SMILES string of the molecule is Cc1ccc(Oc2ccc(N3C(=S)N[C@@H](c4ccccn4)[C@H]3c3cc(C)n(-c4ccc(C(=O)O)cc4)c3C)cc2)cc1. The Morgan fingerprint density at radius 2 is 1.52 bits per heavy atom. The van der Waals surface area contributed by atoms with Gasteiger partial charge in [0.2, 0.25) is 0 Å². The van der Waals surface area contributed by atoms with Gasteiger partial charge in [0.15, 0.2) is 5.11 Å². The maximum Gasteiger partial charge on any atom is 0.335 e. The van der Waals surface area contributed by atoms with Gasteiger partial charge < -0.3 is 24.6 Å². The third-order valence-corrected chi connectivity index (χ3v) is 7.95. The van der Waals surface area contributed by atoms with Gasteiger partial charge in [-0.25, -0.2) is 4.79 Å². The molecule has 6 rings (SSSR count). The average molecular weight is 575 g/mol. The van der Waals surface area contributed by atoms with Crippen LogP contribution in [0.2, 0.25) is 0 Å². The Labute approximate surface area is 250 Å². The first kappa shape index (κ1) is 27.2. The standard InChI is InChI=1S/C34H30N4O3S/c1-21-7-15-27(16-8-21)41-28-17-13-26(14-18-28)38-32(31(36-34(38)42)30-6-4-5-19-35-30)29-20-22(2)37(23(29)3)25-11-9-24(10-12-25)33(39)40/h4-20,31-32H,1-3H3,(H,36,42)(H,39,40)/t31-,32+/m0/s1. The fourth-order valence-electron chi connectivity index (χ4n) is 5.60. The number of carboxylic acid groups (broad SMARTS) is 1. The van der Waals surface area contributed by atoms with Crippen LogP contribution in [0.25, 0.3) is 5.69 Å². The molecule has 0 saturated carbocycles. The maximum atomic E-state index is 11.4. The van der Waals surface area contributed by atoms with E-state index in [9.17, 15) is 9.90 Å². The third kappa shape index (κ3) is 5.12. The molecule has 0 unspecified atom stereocenters. The van der Waals surface area contributed by atoms with Gasteiger partial charge in [0, 0.05) is 29.0 Å². The fraction of sp³-hybridized carbons (Fsp3) is 0.147. The largest absolute Gasteiger partial charge is 0.478 e. The van der Waals surface area contributed by atoms with E-state index in [1.165, 1.54) is 5.56 Å². The minimum Gasteiger partial charge on any atom is -0.478 e. The number of hydrogen-bond acceptors (Lipinski definition) is 4. The molecule has 1 aliphatic heterocycles. The van der Waals surface area contributed by atoms with Crippen molar-refractivity contribution in [1.29, 1.82) is 0 Å². The van der Waals surface area contributed by atoms with E-state index in [2.05, 4.69) is 39.7 Å². The van der Waals surface area contributed by atoms with E-state index < -0.39 is 5.97 Å². The van der Waals surface area contributed by atoms with Crippen LogP contribution in [0.5, 0.6) is 11.5 Å². The van der Waals surface area contributed by atoms with Crippen molar-refractivity contribution in [2.24, 2.45) is 0 Å². The lowest BCUT2D eigenvalue weighted by Gasteiger charge is -2.28. The Morgan fingerprint density at radius 1 is 0.881 bits per heavy atom. The molecule has 1 saturated heterocycles. The molecule has 0 spiro atoms. The van der Waals surface area contributed by atoms with E-state index in [4.69, 9.17) is 17.0 Å². The van der Waals surface area contributed by atoms with Crippen LogP contribution >= 0.6 is 12.2 Å². The second-order valence-electron chi connectivity index (χ2n) is 10.4. The Balaban J connectivity index is 1.39. The van der Waals surface area contributed by atoms with E-state index in [1.807, 2.05) is 85.8 Å². The van der Waals surface area contributed by atoms with Gasteiger partial charge in [-0.05, 0) is 117 Å². The molecule has 0 aliphatic carbocycles. The number of aromatic carboxylic acids is 1. The van der Waals surface area contributed by atoms with Crippen molar-refractivity contribution in [3.63, 3.8) is 0 Å². The molecule has 1 fully saturated rings. The van der Waals surface area contributed by atoms with Gasteiger partial charge in [-0.1, -0.05) is 23.8 Å². The van der Waals surface area contributed by atoms with Crippen molar-refractivity contribution < 1.29 is 14.6 Å². The first-order valence-corrected chi connectivity index (χ1v) is 14.1. The molecular formula is C34H30N4O3S. The number of hydrogen-bond donors (Lipinski definition) is 2. The van der Waals surface area contributed by atoms with Crippen LogP contribution in [-0.4, -0.2) is 25.7 Å². The predicted molar refractivity (Wildman–Crippen MR) is 168 cm³/mol. The summed E-state index contributed by atoms with van der Waals surface area (Å²) in [6, 6.07) is 30.6. The summed E-state index contributed by atoms with van der Waals surface area (Å²) in [5, 5.41) is 13.5. The van der Waals surface area contributed by atoms with E-state index in [0.29, 0.717) is 5.11 Å². The topological polar surface area (TPSA) is 79.6 Å². The van der Waals surface area contributed by atoms with Gasteiger partial charge in [0.05, 0.1) is 23.3 Å². The molecule has 7 nitrogen and oxygen atoms in total. The molecule has 0 radical (unpaired) electrons. The molecule has 0 amide bonds. The number of thiocarbonyl (C=S) groups is 1. The van der Waals surface area contributed by atoms with Crippen molar-refractivity contribution in [2.75, 3.05) is 4.90 Å². The summed E-state index contributed by atoms with van der Waals surface area (Å²) >= 11 is 5.94. The molecule has 210 valence electrons. The summed E-state index contributed by atoms with van der Waals surface area (Å²) in [7, 11) is 0. The summed E-state index contributed by atoms with van der Waals surface area (Å²) in [6.07, 6.45) is 1.80. The lowest BCUT2D eigenvalue weighted by Crippen LogP contribution is -2.29. The normalized spacial score (nSPS) is 16.4. The Morgan fingerprint density at radius 3 is 2.14 bits per heavy atom. The molecule has 2 N–H and O–H groups in total. The molecule has 3 heterocycles. The van der Waals surface area contributed by atoms with Crippen LogP contribution in [0.15, 0.2) is 103 Å². The highest BCUT2D eigenvalue weighted by Gasteiger charge is 2.42. The number of nitrogens with zero attached hydrogens (tertiary/aromatic N) is 3. The number of ether oxygens (including phenoxy) is 1. The first-order valence-electron chi connectivity index (χ1n) is 13.7. The second-order valence-corrected chi connectivity index (χ2v) is 10.8. The van der Waals surface area contributed by atoms with Crippen molar-refractivity contribution in [3.8, 4) is 17.2 Å². The first-order chi connectivity index (χ1) is 20.3. The number of carboxylic acids is 1. The fourth-order valence-corrected chi connectivity index (χ4v) is 5.95. The summed E-state index contributed by atoms with van der Waals surface area (Å²) in [4.78, 5) is 18.2. The number of carbonyl (C=O) groups is 1. The number of rotatable bonds is 7. The Kier molecular flexibility index (Phi) is 7.22. The highest BCUT2D eigenvalue weighted by atomic mass is 32.1. The molecule has 2 atom stereocenters. The van der Waals surface area contributed by atoms with Crippen LogP contribution in [0.4, 0.5) is 5.69 Å². The van der Waals surface area contributed by atoms with Crippen LogP contribution in [0.3, 0.4) is 0 Å². The molecule has 8 heteroatoms. The maximum absolute atomic E-state index is 11.4. The zero-order valence-electron chi connectivity index (χ0n) is 23.5. The summed E-state index contributed by atoms with van der Waals surface area (Å²) in [5.41, 5.74) is 7.32. The van der Waals surface area contributed by atoms with Crippen LogP contribution in [0, 0.1) is 20.8 Å². The summed E-state index contributed by atoms with van der Waals surface area (Å²) < 4.78 is 8.22. The second kappa shape index (κ2) is 11.1. The zero-order chi connectivity index (χ0) is 29.4.